The average molecular weight is 128 g/mol. The predicted octanol–water partition coefficient (Wildman–Crippen LogP) is 1.66. The van der Waals surface area contributed by atoms with Crippen LogP contribution in [0.3, 0.4) is 0 Å². The van der Waals surface area contributed by atoms with Gasteiger partial charge in [0.15, 0.2) is 0 Å². The van der Waals surface area contributed by atoms with Crippen LogP contribution in [0.2, 0.25) is 0 Å². The first-order valence-electron chi connectivity index (χ1n) is 3.90. The van der Waals surface area contributed by atoms with Gasteiger partial charge in [-0.05, 0) is 24.2 Å². The quantitative estimate of drug-likeness (QED) is 0.613. The van der Waals surface area contributed by atoms with E-state index in [1.54, 1.807) is 0 Å². The molecule has 1 rings (SSSR count). The third kappa shape index (κ3) is 1.45. The Bertz CT molecular complexity index is 90.6. The van der Waals surface area contributed by atoms with E-state index in [2.05, 4.69) is 13.8 Å². The third-order valence-electron chi connectivity index (χ3n) is 2.59. The molecule has 0 aromatic rings. The molecule has 3 atom stereocenters. The summed E-state index contributed by atoms with van der Waals surface area (Å²) in [5.41, 5.74) is 0. The molecule has 0 aliphatic heterocycles. The number of rotatable bonds is 3. The maximum Gasteiger partial charge on any atom is 0.0462 e. The van der Waals surface area contributed by atoms with Crippen LogP contribution in [0.1, 0.15) is 26.7 Å². The molecule has 1 saturated carbocycles. The van der Waals surface area contributed by atoms with Crippen LogP contribution in [0.25, 0.3) is 0 Å². The number of hydrogen-bond donors (Lipinski definition) is 1. The zero-order valence-corrected chi connectivity index (χ0v) is 6.30. The Morgan fingerprint density at radius 3 is 2.67 bits per heavy atom. The lowest BCUT2D eigenvalue weighted by Crippen LogP contribution is -1.98. The van der Waals surface area contributed by atoms with Gasteiger partial charge in [0.2, 0.25) is 0 Å². The minimum Gasteiger partial charge on any atom is -0.396 e. The van der Waals surface area contributed by atoms with Gasteiger partial charge in [0, 0.05) is 6.61 Å². The molecule has 0 spiro atoms. The Labute approximate surface area is 57.1 Å². The highest BCUT2D eigenvalue weighted by atomic mass is 16.3. The first-order chi connectivity index (χ1) is 4.29. The average Bonchev–Trinajstić information content (AvgIpc) is 2.64. The van der Waals surface area contributed by atoms with Gasteiger partial charge in [0.25, 0.3) is 0 Å². The fraction of sp³-hybridized carbons (Fsp3) is 1.00. The lowest BCUT2D eigenvalue weighted by atomic mass is 10.0. The summed E-state index contributed by atoms with van der Waals surface area (Å²) in [5.74, 6) is 2.34. The second kappa shape index (κ2) is 2.70. The second-order valence-corrected chi connectivity index (χ2v) is 3.23. The van der Waals surface area contributed by atoms with Gasteiger partial charge in [-0.25, -0.2) is 0 Å². The van der Waals surface area contributed by atoms with E-state index in [9.17, 15) is 0 Å². The molecule has 0 aromatic heterocycles. The van der Waals surface area contributed by atoms with Crippen molar-refractivity contribution in [1.82, 2.24) is 0 Å². The van der Waals surface area contributed by atoms with Crippen LogP contribution in [-0.4, -0.2) is 11.7 Å². The molecule has 0 radical (unpaired) electrons. The Morgan fingerprint density at radius 2 is 2.33 bits per heavy atom. The van der Waals surface area contributed by atoms with Crippen molar-refractivity contribution < 1.29 is 5.11 Å². The molecule has 0 heterocycles. The van der Waals surface area contributed by atoms with Crippen molar-refractivity contribution >= 4 is 0 Å². The van der Waals surface area contributed by atoms with Crippen LogP contribution in [0, 0.1) is 17.8 Å². The first kappa shape index (κ1) is 7.07. The van der Waals surface area contributed by atoms with Crippen LogP contribution >= 0.6 is 0 Å². The highest BCUT2D eigenvalue weighted by Crippen LogP contribution is 2.44. The fourth-order valence-electron chi connectivity index (χ4n) is 1.48. The minimum atomic E-state index is 0.412. The summed E-state index contributed by atoms with van der Waals surface area (Å²) in [5, 5.41) is 8.72. The Hall–Kier alpha value is -0.0400. The van der Waals surface area contributed by atoms with E-state index in [-0.39, 0.29) is 0 Å². The third-order valence-corrected chi connectivity index (χ3v) is 2.59. The summed E-state index contributed by atoms with van der Waals surface area (Å²) in [6, 6.07) is 0. The van der Waals surface area contributed by atoms with Crippen molar-refractivity contribution in [2.45, 2.75) is 26.7 Å². The zero-order valence-electron chi connectivity index (χ0n) is 6.30. The summed E-state index contributed by atoms with van der Waals surface area (Å²) in [6.07, 6.45) is 2.53. The SMILES string of the molecule is CCC(C)C1CC1CO. The minimum absolute atomic E-state index is 0.412. The van der Waals surface area contributed by atoms with E-state index in [1.807, 2.05) is 0 Å². The molecule has 1 N–H and O–H groups in total. The lowest BCUT2D eigenvalue weighted by Gasteiger charge is -2.04. The van der Waals surface area contributed by atoms with E-state index in [4.69, 9.17) is 5.11 Å². The molecular formula is C8H16O. The van der Waals surface area contributed by atoms with E-state index >= 15 is 0 Å². The topological polar surface area (TPSA) is 20.2 Å². The van der Waals surface area contributed by atoms with Crippen LogP contribution in [0.15, 0.2) is 0 Å². The number of aliphatic hydroxyl groups excluding tert-OH is 1. The molecule has 0 saturated heterocycles. The van der Waals surface area contributed by atoms with E-state index in [1.165, 1.54) is 12.8 Å². The lowest BCUT2D eigenvalue weighted by molar-refractivity contribution is 0.259. The monoisotopic (exact) mass is 128 g/mol. The van der Waals surface area contributed by atoms with Crippen LogP contribution in [0.5, 0.6) is 0 Å². The Kier molecular flexibility index (Phi) is 2.12. The van der Waals surface area contributed by atoms with Gasteiger partial charge in [-0.2, -0.15) is 0 Å². The molecule has 1 nitrogen and oxygen atoms in total. The fourth-order valence-corrected chi connectivity index (χ4v) is 1.48. The molecule has 3 unspecified atom stereocenters. The summed E-state index contributed by atoms with van der Waals surface area (Å²) in [4.78, 5) is 0. The molecule has 0 amide bonds. The van der Waals surface area contributed by atoms with Crippen molar-refractivity contribution in [3.63, 3.8) is 0 Å². The van der Waals surface area contributed by atoms with Crippen molar-refractivity contribution in [2.24, 2.45) is 17.8 Å². The highest BCUT2D eigenvalue weighted by molar-refractivity contribution is 4.88. The van der Waals surface area contributed by atoms with Crippen molar-refractivity contribution in [2.75, 3.05) is 6.61 Å². The standard InChI is InChI=1S/C8H16O/c1-3-6(2)8-4-7(8)5-9/h6-9H,3-5H2,1-2H3. The van der Waals surface area contributed by atoms with Gasteiger partial charge in [0.1, 0.15) is 0 Å². The van der Waals surface area contributed by atoms with Crippen LogP contribution in [-0.2, 0) is 0 Å². The van der Waals surface area contributed by atoms with Crippen molar-refractivity contribution in [3.8, 4) is 0 Å². The number of aliphatic hydroxyl groups is 1. The molecule has 1 aliphatic rings. The molecule has 0 bridgehead atoms. The van der Waals surface area contributed by atoms with Gasteiger partial charge in [0.05, 0.1) is 0 Å². The van der Waals surface area contributed by atoms with Gasteiger partial charge in [-0.3, -0.25) is 0 Å². The molecule has 1 heteroatoms. The molecule has 54 valence electrons. The summed E-state index contributed by atoms with van der Waals surface area (Å²) >= 11 is 0. The summed E-state index contributed by atoms with van der Waals surface area (Å²) in [6.45, 7) is 4.91. The molecule has 1 aliphatic carbocycles. The summed E-state index contributed by atoms with van der Waals surface area (Å²) in [7, 11) is 0. The van der Waals surface area contributed by atoms with E-state index < -0.39 is 0 Å². The largest absolute Gasteiger partial charge is 0.396 e. The first-order valence-corrected chi connectivity index (χ1v) is 3.90. The Balaban J connectivity index is 2.17. The van der Waals surface area contributed by atoms with Crippen molar-refractivity contribution in [3.05, 3.63) is 0 Å². The molecule has 9 heavy (non-hydrogen) atoms. The molecule has 1 fully saturated rings. The summed E-state index contributed by atoms with van der Waals surface area (Å²) < 4.78 is 0. The predicted molar refractivity (Wildman–Crippen MR) is 38.1 cm³/mol. The second-order valence-electron chi connectivity index (χ2n) is 3.23. The Morgan fingerprint density at radius 1 is 1.67 bits per heavy atom. The molecule has 0 aromatic carbocycles. The van der Waals surface area contributed by atoms with Gasteiger partial charge in [-0.15, -0.1) is 0 Å². The van der Waals surface area contributed by atoms with Gasteiger partial charge >= 0.3 is 0 Å². The van der Waals surface area contributed by atoms with Crippen molar-refractivity contribution in [1.29, 1.82) is 0 Å². The van der Waals surface area contributed by atoms with Crippen LogP contribution < -0.4 is 0 Å². The van der Waals surface area contributed by atoms with Gasteiger partial charge in [-0.1, -0.05) is 20.3 Å². The van der Waals surface area contributed by atoms with E-state index in [0.717, 1.165) is 11.8 Å². The smallest absolute Gasteiger partial charge is 0.0462 e. The number of hydrogen-bond acceptors (Lipinski definition) is 1. The normalized spacial score (nSPS) is 36.3. The highest BCUT2D eigenvalue weighted by Gasteiger charge is 2.39. The van der Waals surface area contributed by atoms with E-state index in [0.29, 0.717) is 12.5 Å². The molecular weight excluding hydrogens is 112 g/mol. The van der Waals surface area contributed by atoms with Gasteiger partial charge < -0.3 is 5.11 Å². The maximum absolute atomic E-state index is 8.72. The van der Waals surface area contributed by atoms with Crippen LogP contribution in [0.4, 0.5) is 0 Å². The maximum atomic E-state index is 8.72. The zero-order chi connectivity index (χ0) is 6.85.